The summed E-state index contributed by atoms with van der Waals surface area (Å²) >= 11 is 2.80. The van der Waals surface area contributed by atoms with Gasteiger partial charge in [0.1, 0.15) is 4.21 Å². The summed E-state index contributed by atoms with van der Waals surface area (Å²) in [6.07, 6.45) is 2.76. The normalized spacial score (nSPS) is 14.1. The van der Waals surface area contributed by atoms with Crippen molar-refractivity contribution in [3.05, 3.63) is 17.0 Å². The molecule has 0 fully saturated rings. The summed E-state index contributed by atoms with van der Waals surface area (Å²) in [4.78, 5) is 0. The van der Waals surface area contributed by atoms with Crippen molar-refractivity contribution in [1.82, 2.24) is 4.31 Å². The van der Waals surface area contributed by atoms with Crippen LogP contribution in [0.3, 0.4) is 0 Å². The second-order valence-corrected chi connectivity index (χ2v) is 8.02. The molecule has 1 N–H and O–H groups in total. The van der Waals surface area contributed by atoms with Crippen LogP contribution in [0, 0.1) is 0 Å². The molecule has 0 saturated carbocycles. The van der Waals surface area contributed by atoms with Gasteiger partial charge in [-0.1, -0.05) is 6.92 Å². The average molecular weight is 309 g/mol. The molecule has 104 valence electrons. The number of nitrogens with zero attached hydrogens (tertiary/aromatic N) is 1. The summed E-state index contributed by atoms with van der Waals surface area (Å²) in [5, 5.41) is 10.7. The van der Waals surface area contributed by atoms with Gasteiger partial charge in [-0.2, -0.15) is 16.1 Å². The van der Waals surface area contributed by atoms with E-state index >= 15 is 0 Å². The third-order valence-electron chi connectivity index (χ3n) is 2.79. The Hall–Kier alpha value is -0.0800. The number of sulfonamides is 1. The Morgan fingerprint density at radius 1 is 1.56 bits per heavy atom. The lowest BCUT2D eigenvalue weighted by molar-refractivity contribution is 0.282. The van der Waals surface area contributed by atoms with E-state index in [2.05, 4.69) is 0 Å². The van der Waals surface area contributed by atoms with E-state index in [0.717, 1.165) is 23.5 Å². The molecule has 18 heavy (non-hydrogen) atoms. The van der Waals surface area contributed by atoms with Gasteiger partial charge in [0.05, 0.1) is 6.61 Å². The topological polar surface area (TPSA) is 57.6 Å². The number of rotatable bonds is 7. The predicted octanol–water partition coefficient (Wildman–Crippen LogP) is 2.00. The van der Waals surface area contributed by atoms with E-state index < -0.39 is 10.0 Å². The van der Waals surface area contributed by atoms with Gasteiger partial charge in [0.25, 0.3) is 10.0 Å². The Kier molecular flexibility index (Phi) is 6.13. The van der Waals surface area contributed by atoms with Crippen LogP contribution in [0.25, 0.3) is 0 Å². The van der Waals surface area contributed by atoms with Crippen LogP contribution in [-0.2, 0) is 16.6 Å². The van der Waals surface area contributed by atoms with Crippen LogP contribution in [0.1, 0.15) is 18.9 Å². The van der Waals surface area contributed by atoms with Gasteiger partial charge in [-0.3, -0.25) is 0 Å². The zero-order valence-electron chi connectivity index (χ0n) is 10.8. The fourth-order valence-electron chi connectivity index (χ4n) is 1.58. The molecule has 4 nitrogen and oxygen atoms in total. The van der Waals surface area contributed by atoms with E-state index in [1.807, 2.05) is 13.2 Å². The summed E-state index contributed by atoms with van der Waals surface area (Å²) in [7, 11) is -1.81. The Bertz CT molecular complexity index is 470. The first kappa shape index (κ1) is 16.0. The summed E-state index contributed by atoms with van der Waals surface area (Å²) < 4.78 is 26.5. The molecule has 1 aromatic heterocycles. The first-order valence-electron chi connectivity index (χ1n) is 5.62. The monoisotopic (exact) mass is 309 g/mol. The minimum absolute atomic E-state index is 0.00433. The standard InChI is InChI=1S/C11H19NO3S3/c1-4-10(8-16-3)12(2)18(14,15)11-5-9(6-13)7-17-11/h5,7,10,13H,4,6,8H2,1-3H3. The summed E-state index contributed by atoms with van der Waals surface area (Å²) in [6.45, 7) is 1.86. The summed E-state index contributed by atoms with van der Waals surface area (Å²) in [6, 6.07) is 1.55. The van der Waals surface area contributed by atoms with Crippen LogP contribution in [0.4, 0.5) is 0 Å². The second-order valence-electron chi connectivity index (χ2n) is 3.97. The fraction of sp³-hybridized carbons (Fsp3) is 0.636. The molecule has 1 atom stereocenters. The Balaban J connectivity index is 2.97. The minimum atomic E-state index is -3.43. The molecule has 0 aromatic carbocycles. The van der Waals surface area contributed by atoms with Gasteiger partial charge in [0.2, 0.25) is 0 Å². The molecule has 0 bridgehead atoms. The Morgan fingerprint density at radius 2 is 2.22 bits per heavy atom. The van der Waals surface area contributed by atoms with Crippen LogP contribution >= 0.6 is 23.1 Å². The predicted molar refractivity (Wildman–Crippen MR) is 77.7 cm³/mol. The third kappa shape index (κ3) is 3.48. The van der Waals surface area contributed by atoms with E-state index in [9.17, 15) is 8.42 Å². The molecule has 1 heterocycles. The molecule has 1 aromatic rings. The maximum Gasteiger partial charge on any atom is 0.252 e. The van der Waals surface area contributed by atoms with Gasteiger partial charge in [-0.25, -0.2) is 8.42 Å². The first-order chi connectivity index (χ1) is 8.47. The highest BCUT2D eigenvalue weighted by Gasteiger charge is 2.27. The smallest absolute Gasteiger partial charge is 0.252 e. The van der Waals surface area contributed by atoms with Crippen molar-refractivity contribution in [2.75, 3.05) is 19.1 Å². The van der Waals surface area contributed by atoms with Gasteiger partial charge < -0.3 is 5.11 Å². The largest absolute Gasteiger partial charge is 0.392 e. The van der Waals surface area contributed by atoms with E-state index in [0.29, 0.717) is 9.77 Å². The highest BCUT2D eigenvalue weighted by Crippen LogP contribution is 2.25. The Morgan fingerprint density at radius 3 is 2.67 bits per heavy atom. The van der Waals surface area contributed by atoms with Crippen molar-refractivity contribution < 1.29 is 13.5 Å². The quantitative estimate of drug-likeness (QED) is 0.837. The highest BCUT2D eigenvalue weighted by atomic mass is 32.2. The number of hydrogen-bond acceptors (Lipinski definition) is 5. The average Bonchev–Trinajstić information content (AvgIpc) is 2.84. The van der Waals surface area contributed by atoms with E-state index in [1.54, 1.807) is 30.3 Å². The van der Waals surface area contributed by atoms with Crippen LogP contribution in [0.5, 0.6) is 0 Å². The SMILES string of the molecule is CCC(CSC)N(C)S(=O)(=O)c1cc(CO)cs1. The van der Waals surface area contributed by atoms with Crippen LogP contribution in [0.2, 0.25) is 0 Å². The summed E-state index contributed by atoms with van der Waals surface area (Å²) in [5.74, 6) is 0.782. The molecule has 0 aliphatic carbocycles. The molecule has 0 aliphatic heterocycles. The van der Waals surface area contributed by atoms with Crippen molar-refractivity contribution >= 4 is 33.1 Å². The maximum absolute atomic E-state index is 12.4. The van der Waals surface area contributed by atoms with Crippen molar-refractivity contribution in [2.24, 2.45) is 0 Å². The number of aliphatic hydroxyl groups is 1. The molecule has 7 heteroatoms. The van der Waals surface area contributed by atoms with Crippen LogP contribution in [-0.4, -0.2) is 42.9 Å². The zero-order valence-corrected chi connectivity index (χ0v) is 13.2. The molecular formula is C11H19NO3S3. The molecule has 1 rings (SSSR count). The van der Waals surface area contributed by atoms with Crippen molar-refractivity contribution in [3.8, 4) is 0 Å². The lowest BCUT2D eigenvalue weighted by Gasteiger charge is -2.25. The summed E-state index contributed by atoms with van der Waals surface area (Å²) in [5.41, 5.74) is 0.643. The van der Waals surface area contributed by atoms with Gasteiger partial charge in [0, 0.05) is 18.8 Å². The molecule has 1 unspecified atom stereocenters. The highest BCUT2D eigenvalue weighted by molar-refractivity contribution is 7.98. The molecular weight excluding hydrogens is 290 g/mol. The Labute approximate surface area is 117 Å². The lowest BCUT2D eigenvalue weighted by Crippen LogP contribution is -2.37. The number of aliphatic hydroxyl groups excluding tert-OH is 1. The molecule has 0 radical (unpaired) electrons. The van der Waals surface area contributed by atoms with Gasteiger partial charge in [-0.05, 0) is 29.7 Å². The van der Waals surface area contributed by atoms with Crippen LogP contribution < -0.4 is 0 Å². The van der Waals surface area contributed by atoms with Crippen molar-refractivity contribution in [3.63, 3.8) is 0 Å². The third-order valence-corrected chi connectivity index (χ3v) is 6.88. The number of thiophene rings is 1. The fourth-order valence-corrected chi connectivity index (χ4v) is 5.33. The van der Waals surface area contributed by atoms with Gasteiger partial charge in [0.15, 0.2) is 0 Å². The second kappa shape index (κ2) is 6.91. The van der Waals surface area contributed by atoms with Crippen LogP contribution in [0.15, 0.2) is 15.7 Å². The van der Waals surface area contributed by atoms with E-state index in [1.165, 1.54) is 4.31 Å². The van der Waals surface area contributed by atoms with Crippen molar-refractivity contribution in [2.45, 2.75) is 30.2 Å². The zero-order chi connectivity index (χ0) is 13.8. The number of thioether (sulfide) groups is 1. The lowest BCUT2D eigenvalue weighted by atomic mass is 10.3. The minimum Gasteiger partial charge on any atom is -0.392 e. The van der Waals surface area contributed by atoms with Gasteiger partial charge >= 0.3 is 0 Å². The molecule has 0 amide bonds. The maximum atomic E-state index is 12.4. The van der Waals surface area contributed by atoms with Crippen molar-refractivity contribution in [1.29, 1.82) is 0 Å². The molecule has 0 spiro atoms. The molecule has 0 saturated heterocycles. The molecule has 0 aliphatic rings. The van der Waals surface area contributed by atoms with E-state index in [4.69, 9.17) is 5.11 Å². The van der Waals surface area contributed by atoms with E-state index in [-0.39, 0.29) is 12.6 Å². The number of hydrogen-bond donors (Lipinski definition) is 1. The van der Waals surface area contributed by atoms with Gasteiger partial charge in [-0.15, -0.1) is 11.3 Å². The first-order valence-corrected chi connectivity index (χ1v) is 9.34.